The van der Waals surface area contributed by atoms with Crippen molar-refractivity contribution in [3.05, 3.63) is 51.7 Å². The first kappa shape index (κ1) is 10.5. The Balaban J connectivity index is 1.97. The Morgan fingerprint density at radius 1 is 1.29 bits per heavy atom. The zero-order valence-electron chi connectivity index (χ0n) is 9.57. The van der Waals surface area contributed by atoms with Crippen LogP contribution < -0.4 is 5.32 Å². The molecule has 1 atom stereocenters. The van der Waals surface area contributed by atoms with Gasteiger partial charge in [0, 0.05) is 10.6 Å². The number of rotatable bonds is 2. The number of para-hydroxylation sites is 1. The maximum Gasteiger partial charge on any atom is 0.232 e. The number of amides is 1. The van der Waals surface area contributed by atoms with Gasteiger partial charge in [0.05, 0.1) is 5.92 Å². The molecule has 1 aliphatic rings. The molecule has 0 aliphatic carbocycles. The molecular weight excluding hydrogens is 230 g/mol. The Bertz CT molecular complexity index is 560. The first-order valence-corrected chi connectivity index (χ1v) is 6.56. The topological polar surface area (TPSA) is 29.1 Å². The van der Waals surface area contributed by atoms with Gasteiger partial charge in [0.15, 0.2) is 0 Å². The van der Waals surface area contributed by atoms with Gasteiger partial charge in [-0.2, -0.15) is 0 Å². The van der Waals surface area contributed by atoms with E-state index in [4.69, 9.17) is 0 Å². The summed E-state index contributed by atoms with van der Waals surface area (Å²) < 4.78 is 0. The second-order valence-corrected chi connectivity index (χ2v) is 5.40. The fourth-order valence-corrected chi connectivity index (χ4v) is 3.09. The minimum absolute atomic E-state index is 0.0245. The summed E-state index contributed by atoms with van der Waals surface area (Å²) in [6, 6.07) is 10.2. The predicted octanol–water partition coefficient (Wildman–Crippen LogP) is 3.33. The van der Waals surface area contributed by atoms with Crippen LogP contribution in [-0.2, 0) is 11.2 Å². The van der Waals surface area contributed by atoms with E-state index < -0.39 is 0 Å². The van der Waals surface area contributed by atoms with Crippen molar-refractivity contribution in [1.29, 1.82) is 0 Å². The molecule has 0 radical (unpaired) electrons. The highest BCUT2D eigenvalue weighted by Gasteiger charge is 2.31. The lowest BCUT2D eigenvalue weighted by atomic mass is 9.95. The van der Waals surface area contributed by atoms with E-state index in [1.807, 2.05) is 25.1 Å². The molecule has 2 heterocycles. The summed E-state index contributed by atoms with van der Waals surface area (Å²) >= 11 is 1.71. The van der Waals surface area contributed by atoms with Crippen LogP contribution in [0.5, 0.6) is 0 Å². The molecule has 86 valence electrons. The SMILES string of the molecule is Cc1cccc2c1NC(=O)[C@@H]2Cc1cccs1. The number of carbonyl (C=O) groups is 1. The molecule has 0 spiro atoms. The molecule has 1 aromatic carbocycles. The molecule has 0 unspecified atom stereocenters. The van der Waals surface area contributed by atoms with Crippen molar-refractivity contribution in [3.63, 3.8) is 0 Å². The second kappa shape index (κ2) is 4.00. The molecular formula is C14H13NOS. The van der Waals surface area contributed by atoms with Gasteiger partial charge in [-0.15, -0.1) is 11.3 Å². The van der Waals surface area contributed by atoms with Gasteiger partial charge in [-0.25, -0.2) is 0 Å². The number of hydrogen-bond donors (Lipinski definition) is 1. The number of fused-ring (bicyclic) bond motifs is 1. The van der Waals surface area contributed by atoms with Crippen LogP contribution in [0.15, 0.2) is 35.7 Å². The number of benzene rings is 1. The van der Waals surface area contributed by atoms with E-state index in [1.54, 1.807) is 11.3 Å². The molecule has 3 heteroatoms. The summed E-state index contributed by atoms with van der Waals surface area (Å²) in [6.45, 7) is 2.03. The molecule has 0 saturated heterocycles. The van der Waals surface area contributed by atoms with Crippen LogP contribution in [0, 0.1) is 6.92 Å². The van der Waals surface area contributed by atoms with E-state index in [0.29, 0.717) is 0 Å². The molecule has 0 saturated carbocycles. The van der Waals surface area contributed by atoms with Gasteiger partial charge in [-0.3, -0.25) is 4.79 Å². The average molecular weight is 243 g/mol. The van der Waals surface area contributed by atoms with Gasteiger partial charge in [-0.05, 0) is 35.9 Å². The van der Waals surface area contributed by atoms with E-state index in [9.17, 15) is 4.79 Å². The zero-order chi connectivity index (χ0) is 11.8. The fraction of sp³-hybridized carbons (Fsp3) is 0.214. The molecule has 1 N–H and O–H groups in total. The third kappa shape index (κ3) is 1.76. The molecule has 1 aromatic heterocycles. The third-order valence-corrected chi connectivity index (χ3v) is 4.13. The van der Waals surface area contributed by atoms with Crippen molar-refractivity contribution in [2.45, 2.75) is 19.3 Å². The Hall–Kier alpha value is -1.61. The molecule has 2 aromatic rings. The normalized spacial score (nSPS) is 17.9. The maximum absolute atomic E-state index is 12.0. The highest BCUT2D eigenvalue weighted by Crippen LogP contribution is 2.37. The second-order valence-electron chi connectivity index (χ2n) is 4.36. The van der Waals surface area contributed by atoms with E-state index in [1.165, 1.54) is 4.88 Å². The van der Waals surface area contributed by atoms with E-state index in [0.717, 1.165) is 23.2 Å². The van der Waals surface area contributed by atoms with Crippen molar-refractivity contribution < 1.29 is 4.79 Å². The number of hydrogen-bond acceptors (Lipinski definition) is 2. The van der Waals surface area contributed by atoms with Crippen LogP contribution in [0.25, 0.3) is 0 Å². The Morgan fingerprint density at radius 3 is 2.94 bits per heavy atom. The maximum atomic E-state index is 12.0. The summed E-state index contributed by atoms with van der Waals surface area (Å²) in [5, 5.41) is 5.05. The van der Waals surface area contributed by atoms with Crippen LogP contribution in [-0.4, -0.2) is 5.91 Å². The van der Waals surface area contributed by atoms with Crippen LogP contribution in [0.2, 0.25) is 0 Å². The summed E-state index contributed by atoms with van der Waals surface area (Å²) in [5.41, 5.74) is 3.30. The highest BCUT2D eigenvalue weighted by molar-refractivity contribution is 7.09. The van der Waals surface area contributed by atoms with Gasteiger partial charge in [-0.1, -0.05) is 24.3 Å². The van der Waals surface area contributed by atoms with Crippen molar-refractivity contribution in [1.82, 2.24) is 0 Å². The third-order valence-electron chi connectivity index (χ3n) is 3.23. The summed E-state index contributed by atoms with van der Waals surface area (Å²) in [7, 11) is 0. The highest BCUT2D eigenvalue weighted by atomic mass is 32.1. The fourth-order valence-electron chi connectivity index (χ4n) is 2.34. The van der Waals surface area contributed by atoms with Gasteiger partial charge in [0.2, 0.25) is 5.91 Å². The van der Waals surface area contributed by atoms with E-state index in [2.05, 4.69) is 22.8 Å². The Labute approximate surface area is 104 Å². The number of anilines is 1. The first-order chi connectivity index (χ1) is 8.25. The van der Waals surface area contributed by atoms with Crippen molar-refractivity contribution in [2.24, 2.45) is 0 Å². The summed E-state index contributed by atoms with van der Waals surface area (Å²) in [4.78, 5) is 13.3. The number of carbonyl (C=O) groups excluding carboxylic acids is 1. The predicted molar refractivity (Wildman–Crippen MR) is 70.6 cm³/mol. The average Bonchev–Trinajstić information content (AvgIpc) is 2.91. The van der Waals surface area contributed by atoms with Gasteiger partial charge in [0.1, 0.15) is 0 Å². The lowest BCUT2D eigenvalue weighted by Crippen LogP contribution is -2.13. The summed E-state index contributed by atoms with van der Waals surface area (Å²) in [6.07, 6.45) is 0.806. The molecule has 1 aliphatic heterocycles. The first-order valence-electron chi connectivity index (χ1n) is 5.68. The van der Waals surface area contributed by atoms with Gasteiger partial charge in [0.25, 0.3) is 0 Å². The number of nitrogens with one attached hydrogen (secondary N) is 1. The van der Waals surface area contributed by atoms with E-state index in [-0.39, 0.29) is 11.8 Å². The van der Waals surface area contributed by atoms with Crippen molar-refractivity contribution in [2.75, 3.05) is 5.32 Å². The smallest absolute Gasteiger partial charge is 0.232 e. The van der Waals surface area contributed by atoms with Crippen LogP contribution >= 0.6 is 11.3 Å². The molecule has 17 heavy (non-hydrogen) atoms. The van der Waals surface area contributed by atoms with Gasteiger partial charge < -0.3 is 5.32 Å². The molecule has 0 bridgehead atoms. The standard InChI is InChI=1S/C14H13NOS/c1-9-4-2-6-11-12(14(16)15-13(9)11)8-10-5-3-7-17-10/h2-7,12H,8H2,1H3,(H,15,16)/t12-/m1/s1. The lowest BCUT2D eigenvalue weighted by molar-refractivity contribution is -0.117. The monoisotopic (exact) mass is 243 g/mol. The van der Waals surface area contributed by atoms with Crippen LogP contribution in [0.1, 0.15) is 21.9 Å². The molecule has 2 nitrogen and oxygen atoms in total. The quantitative estimate of drug-likeness (QED) is 0.861. The van der Waals surface area contributed by atoms with Crippen molar-refractivity contribution in [3.8, 4) is 0 Å². The molecule has 3 rings (SSSR count). The van der Waals surface area contributed by atoms with Crippen LogP contribution in [0.4, 0.5) is 5.69 Å². The minimum Gasteiger partial charge on any atom is -0.325 e. The number of thiophene rings is 1. The van der Waals surface area contributed by atoms with E-state index >= 15 is 0 Å². The zero-order valence-corrected chi connectivity index (χ0v) is 10.4. The molecule has 0 fully saturated rings. The Morgan fingerprint density at radius 2 is 2.18 bits per heavy atom. The summed E-state index contributed by atoms with van der Waals surface area (Å²) in [5.74, 6) is 0.103. The lowest BCUT2D eigenvalue weighted by Gasteiger charge is -2.07. The number of aryl methyl sites for hydroxylation is 1. The van der Waals surface area contributed by atoms with Crippen molar-refractivity contribution >= 4 is 22.9 Å². The van der Waals surface area contributed by atoms with Crippen LogP contribution in [0.3, 0.4) is 0 Å². The molecule has 1 amide bonds. The van der Waals surface area contributed by atoms with Gasteiger partial charge >= 0.3 is 0 Å². The Kier molecular flexibility index (Phi) is 2.48. The largest absolute Gasteiger partial charge is 0.325 e. The minimum atomic E-state index is -0.0245.